The van der Waals surface area contributed by atoms with Crippen LogP contribution in [0.2, 0.25) is 0 Å². The molecule has 1 fully saturated rings. The van der Waals surface area contributed by atoms with Gasteiger partial charge >= 0.3 is 12.0 Å². The highest BCUT2D eigenvalue weighted by Crippen LogP contribution is 2.18. The van der Waals surface area contributed by atoms with Crippen molar-refractivity contribution in [3.05, 3.63) is 65.7 Å². The van der Waals surface area contributed by atoms with Gasteiger partial charge in [0, 0.05) is 20.1 Å². The number of hydrogen-bond acceptors (Lipinski definition) is 9. The maximum Gasteiger partial charge on any atom is 0.326 e. The zero-order valence-electron chi connectivity index (χ0n) is 37.6. The lowest BCUT2D eigenvalue weighted by molar-refractivity contribution is -0.143. The smallest absolute Gasteiger partial charge is 0.326 e. The number of aromatic hydroxyl groups is 1. The van der Waals surface area contributed by atoms with Crippen LogP contribution >= 0.6 is 0 Å². The number of carboxylic acids is 1. The van der Waals surface area contributed by atoms with E-state index in [4.69, 9.17) is 11.5 Å². The number of benzene rings is 2. The van der Waals surface area contributed by atoms with Gasteiger partial charge in [-0.15, -0.1) is 0 Å². The molecular weight excluding hydrogens is 825 g/mol. The van der Waals surface area contributed by atoms with Crippen LogP contribution in [0.15, 0.2) is 59.6 Å². The van der Waals surface area contributed by atoms with Gasteiger partial charge in [0.15, 0.2) is 5.96 Å². The lowest BCUT2D eigenvalue weighted by Gasteiger charge is -2.33. The molecule has 64 heavy (non-hydrogen) atoms. The first-order chi connectivity index (χ1) is 30.4. The van der Waals surface area contributed by atoms with E-state index in [9.17, 15) is 43.8 Å². The second-order valence-corrected chi connectivity index (χ2v) is 16.7. The quantitative estimate of drug-likeness (QED) is 0.0653. The highest BCUT2D eigenvalue weighted by molar-refractivity contribution is 5.96. The lowest BCUT2D eigenvalue weighted by atomic mass is 9.96. The van der Waals surface area contributed by atoms with Gasteiger partial charge in [-0.25, -0.2) is 9.59 Å². The Balaban J connectivity index is 2.02. The van der Waals surface area contributed by atoms with E-state index in [0.717, 1.165) is 11.1 Å². The highest BCUT2D eigenvalue weighted by atomic mass is 16.4. The summed E-state index contributed by atoms with van der Waals surface area (Å²) in [5.41, 5.74) is 12.4. The first kappa shape index (κ1) is 51.9. The van der Waals surface area contributed by atoms with Crippen molar-refractivity contribution in [1.29, 1.82) is 0 Å². The number of carboxylic acid groups (broad SMARTS) is 1. The maximum absolute atomic E-state index is 14.7. The van der Waals surface area contributed by atoms with Crippen LogP contribution in [0.4, 0.5) is 4.79 Å². The van der Waals surface area contributed by atoms with Gasteiger partial charge in [-0.1, -0.05) is 76.6 Å². The predicted molar refractivity (Wildman–Crippen MR) is 241 cm³/mol. The summed E-state index contributed by atoms with van der Waals surface area (Å²) in [7, 11) is 1.48. The van der Waals surface area contributed by atoms with E-state index < -0.39 is 83.7 Å². The van der Waals surface area contributed by atoms with E-state index in [0.29, 0.717) is 32.1 Å². The monoisotopic (exact) mass is 893 g/mol. The van der Waals surface area contributed by atoms with E-state index in [2.05, 4.69) is 36.9 Å². The molecule has 1 heterocycles. The predicted octanol–water partition coefficient (Wildman–Crippen LogP) is 1.42. The number of aliphatic imine (C=N–C) groups is 1. The number of urea groups is 1. The standard InChI is InChI=1S/C45H68N10O9/c1-6-28(4)37-40(59)48-25-11-10-15-32(51-45(64)52-34(43(62)63)16-12-26-49-44(46)47)38(57)53-36(27(2)3)41(60)50-33(23-19-29-13-8-7-9-14-29)42(61)55(5)35(39(58)54-37)24-20-30-17-21-31(56)22-18-30/h7-9,13-14,17-18,21-22,27-28,32-37,56H,6,10-12,15-16,19-20,23-26H2,1-5H3,(H,48,59)(H,50,60)(H,53,57)(H,54,58)(H,62,63)(H4,46,47,49)(H2,51,52,64)/t28-,32+,33?,34-,35-,36-,37-/m0/s1. The number of guanidine groups is 1. The second kappa shape index (κ2) is 26.3. The van der Waals surface area contributed by atoms with Crippen molar-refractivity contribution in [3.63, 3.8) is 0 Å². The lowest BCUT2D eigenvalue weighted by Crippen LogP contribution is -2.61. The van der Waals surface area contributed by atoms with Crippen LogP contribution in [0.3, 0.4) is 0 Å². The third-order valence-electron chi connectivity index (χ3n) is 11.4. The Morgan fingerprint density at radius 3 is 2.11 bits per heavy atom. The summed E-state index contributed by atoms with van der Waals surface area (Å²) in [5, 5.41) is 36.0. The first-order valence-electron chi connectivity index (χ1n) is 22.0. The van der Waals surface area contributed by atoms with E-state index in [1.54, 1.807) is 26.0 Å². The number of phenols is 1. The molecule has 1 saturated heterocycles. The molecule has 1 unspecified atom stereocenters. The highest BCUT2D eigenvalue weighted by Gasteiger charge is 2.37. The number of likely N-dealkylation sites (N-methyl/N-ethyl adjacent to an activating group) is 1. The van der Waals surface area contributed by atoms with Crippen molar-refractivity contribution in [3.8, 4) is 5.75 Å². The summed E-state index contributed by atoms with van der Waals surface area (Å²) in [5.74, 6) is -5.18. The Bertz CT molecular complexity index is 1890. The number of aliphatic carboxylic acids is 1. The number of aryl methyl sites for hydroxylation is 2. The van der Waals surface area contributed by atoms with Crippen LogP contribution in [-0.4, -0.2) is 119 Å². The fourth-order valence-corrected chi connectivity index (χ4v) is 7.26. The third kappa shape index (κ3) is 17.0. The number of carbonyl (C=O) groups is 7. The molecule has 19 nitrogen and oxygen atoms in total. The molecule has 7 atom stereocenters. The van der Waals surface area contributed by atoms with Crippen LogP contribution < -0.4 is 43.4 Å². The minimum atomic E-state index is -1.33. The summed E-state index contributed by atoms with van der Waals surface area (Å²) in [6, 6.07) is 7.91. The number of rotatable bonds is 16. The Hall–Kier alpha value is -6.40. The van der Waals surface area contributed by atoms with Crippen molar-refractivity contribution in [1.82, 2.24) is 36.8 Å². The van der Waals surface area contributed by atoms with Gasteiger partial charge in [0.2, 0.25) is 29.5 Å². The average molecular weight is 893 g/mol. The van der Waals surface area contributed by atoms with Crippen LogP contribution in [-0.2, 0) is 41.6 Å². The van der Waals surface area contributed by atoms with Crippen LogP contribution in [0.25, 0.3) is 0 Å². The molecule has 352 valence electrons. The molecule has 1 aliphatic heterocycles. The Labute approximate surface area is 375 Å². The van der Waals surface area contributed by atoms with E-state index >= 15 is 0 Å². The van der Waals surface area contributed by atoms with Gasteiger partial charge in [-0.05, 0) is 92.9 Å². The third-order valence-corrected chi connectivity index (χ3v) is 11.4. The van der Waals surface area contributed by atoms with Crippen LogP contribution in [0, 0.1) is 11.8 Å². The second-order valence-electron chi connectivity index (χ2n) is 16.7. The molecule has 7 amide bonds. The van der Waals surface area contributed by atoms with Crippen molar-refractivity contribution in [2.24, 2.45) is 28.3 Å². The van der Waals surface area contributed by atoms with Gasteiger partial charge in [-0.2, -0.15) is 0 Å². The summed E-state index contributed by atoms with van der Waals surface area (Å²) in [4.78, 5) is 101. The molecule has 0 bridgehead atoms. The maximum atomic E-state index is 14.7. The van der Waals surface area contributed by atoms with Crippen LogP contribution in [0.1, 0.15) is 90.2 Å². The number of nitrogens with one attached hydrogen (secondary N) is 6. The fraction of sp³-hybridized carbons (Fsp3) is 0.556. The molecular formula is C45H68N10O9. The Kier molecular flexibility index (Phi) is 21.3. The number of amides is 7. The zero-order valence-corrected chi connectivity index (χ0v) is 37.6. The molecule has 0 aliphatic carbocycles. The molecule has 0 radical (unpaired) electrons. The van der Waals surface area contributed by atoms with Crippen molar-refractivity contribution in [2.45, 2.75) is 128 Å². The van der Waals surface area contributed by atoms with Gasteiger partial charge in [0.25, 0.3) is 0 Å². The fourth-order valence-electron chi connectivity index (χ4n) is 7.26. The van der Waals surface area contributed by atoms with E-state index in [1.807, 2.05) is 44.2 Å². The molecule has 0 spiro atoms. The molecule has 2 aromatic rings. The SMILES string of the molecule is CC[C@H](C)[C@@H]1NC(=O)[C@H](CCc2ccc(O)cc2)N(C)C(=O)C(CCc2ccccc2)NC(=O)[C@H](C(C)C)NC(=O)[C@H](NC(=O)N[C@@H](CCCN=C(N)N)C(=O)O)CCCCNC1=O. The largest absolute Gasteiger partial charge is 0.508 e. The molecule has 12 N–H and O–H groups in total. The minimum absolute atomic E-state index is 0.0116. The molecule has 1 aliphatic rings. The molecule has 19 heteroatoms. The number of carbonyl (C=O) groups excluding carboxylic acids is 6. The van der Waals surface area contributed by atoms with Gasteiger partial charge in [-0.3, -0.25) is 29.0 Å². The van der Waals surface area contributed by atoms with E-state index in [1.165, 1.54) is 24.1 Å². The summed E-state index contributed by atoms with van der Waals surface area (Å²) in [6.07, 6.45) is 2.45. The molecule has 0 saturated carbocycles. The topological polar surface area (TPSA) is 300 Å². The first-order valence-corrected chi connectivity index (χ1v) is 22.0. The number of nitrogens with two attached hydrogens (primary N) is 2. The minimum Gasteiger partial charge on any atom is -0.508 e. The average Bonchev–Trinajstić information content (AvgIpc) is 3.26. The summed E-state index contributed by atoms with van der Waals surface area (Å²) < 4.78 is 0. The zero-order chi connectivity index (χ0) is 47.3. The normalized spacial score (nSPS) is 21.7. The van der Waals surface area contributed by atoms with Crippen molar-refractivity contribution >= 4 is 47.5 Å². The van der Waals surface area contributed by atoms with Crippen LogP contribution in [0.5, 0.6) is 5.75 Å². The van der Waals surface area contributed by atoms with Gasteiger partial charge in [0.1, 0.15) is 42.0 Å². The van der Waals surface area contributed by atoms with E-state index in [-0.39, 0.29) is 62.8 Å². The Morgan fingerprint density at radius 2 is 1.48 bits per heavy atom. The number of hydrogen-bond donors (Lipinski definition) is 10. The molecule has 2 aromatic carbocycles. The molecule has 3 rings (SSSR count). The van der Waals surface area contributed by atoms with Crippen molar-refractivity contribution < 1.29 is 43.8 Å². The van der Waals surface area contributed by atoms with Gasteiger partial charge in [0.05, 0.1) is 0 Å². The summed E-state index contributed by atoms with van der Waals surface area (Å²) >= 11 is 0. The van der Waals surface area contributed by atoms with Gasteiger partial charge < -0.3 is 58.5 Å². The number of phenolic OH excluding ortho intramolecular Hbond substituents is 1. The number of nitrogens with zero attached hydrogens (tertiary/aromatic N) is 2. The summed E-state index contributed by atoms with van der Waals surface area (Å²) in [6.45, 7) is 7.43. The van der Waals surface area contributed by atoms with Crippen molar-refractivity contribution in [2.75, 3.05) is 20.1 Å². The Morgan fingerprint density at radius 1 is 0.844 bits per heavy atom. The molecule has 0 aromatic heterocycles.